The van der Waals surface area contributed by atoms with E-state index in [0.29, 0.717) is 5.92 Å². The van der Waals surface area contributed by atoms with Gasteiger partial charge in [0.15, 0.2) is 0 Å². The SMILES string of the molecule is CC(C)CC(N)C(CO)N1CCN(C(C)(C)C)CC1. The van der Waals surface area contributed by atoms with Gasteiger partial charge in [0.1, 0.15) is 0 Å². The van der Waals surface area contributed by atoms with Crippen molar-refractivity contribution < 1.29 is 5.11 Å². The average molecular weight is 271 g/mol. The second kappa shape index (κ2) is 7.02. The van der Waals surface area contributed by atoms with Gasteiger partial charge in [0.05, 0.1) is 6.61 Å². The molecule has 19 heavy (non-hydrogen) atoms. The number of hydrogen-bond acceptors (Lipinski definition) is 4. The molecule has 4 heteroatoms. The number of aliphatic hydroxyl groups is 1. The molecule has 1 heterocycles. The van der Waals surface area contributed by atoms with Crippen LogP contribution >= 0.6 is 0 Å². The first-order valence-corrected chi connectivity index (χ1v) is 7.61. The standard InChI is InChI=1S/C15H33N3O/c1-12(2)10-13(16)14(11-19)17-6-8-18(9-7-17)15(3,4)5/h12-14,19H,6-11,16H2,1-5H3. The first-order chi connectivity index (χ1) is 8.75. The molecule has 0 spiro atoms. The van der Waals surface area contributed by atoms with Gasteiger partial charge in [-0.1, -0.05) is 13.8 Å². The molecule has 4 nitrogen and oxygen atoms in total. The third-order valence-electron chi connectivity index (χ3n) is 4.16. The van der Waals surface area contributed by atoms with Crippen molar-refractivity contribution in [1.82, 2.24) is 9.80 Å². The van der Waals surface area contributed by atoms with Gasteiger partial charge in [0.2, 0.25) is 0 Å². The maximum Gasteiger partial charge on any atom is 0.0601 e. The predicted molar refractivity (Wildman–Crippen MR) is 81.2 cm³/mol. The van der Waals surface area contributed by atoms with Gasteiger partial charge < -0.3 is 10.8 Å². The van der Waals surface area contributed by atoms with E-state index in [-0.39, 0.29) is 24.2 Å². The molecular formula is C15H33N3O. The quantitative estimate of drug-likeness (QED) is 0.787. The van der Waals surface area contributed by atoms with E-state index in [4.69, 9.17) is 5.73 Å². The van der Waals surface area contributed by atoms with Crippen LogP contribution in [0.25, 0.3) is 0 Å². The lowest BCUT2D eigenvalue weighted by Gasteiger charge is -2.45. The summed E-state index contributed by atoms with van der Waals surface area (Å²) >= 11 is 0. The molecule has 3 N–H and O–H groups in total. The van der Waals surface area contributed by atoms with Crippen LogP contribution in [0, 0.1) is 5.92 Å². The van der Waals surface area contributed by atoms with Crippen LogP contribution in [-0.4, -0.2) is 65.3 Å². The topological polar surface area (TPSA) is 52.7 Å². The Labute approximate surface area is 118 Å². The zero-order chi connectivity index (χ0) is 14.6. The van der Waals surface area contributed by atoms with Crippen LogP contribution in [0.15, 0.2) is 0 Å². The van der Waals surface area contributed by atoms with Crippen LogP contribution in [0.3, 0.4) is 0 Å². The van der Waals surface area contributed by atoms with Crippen molar-refractivity contribution in [1.29, 1.82) is 0 Å². The minimum absolute atomic E-state index is 0.0752. The molecule has 0 aliphatic carbocycles. The van der Waals surface area contributed by atoms with Crippen LogP contribution in [0.5, 0.6) is 0 Å². The van der Waals surface area contributed by atoms with Crippen LogP contribution in [0.2, 0.25) is 0 Å². The van der Waals surface area contributed by atoms with Crippen LogP contribution < -0.4 is 5.73 Å². The molecule has 1 aliphatic rings. The predicted octanol–water partition coefficient (Wildman–Crippen LogP) is 1.14. The lowest BCUT2D eigenvalue weighted by molar-refractivity contribution is 0.0175. The van der Waals surface area contributed by atoms with E-state index in [1.54, 1.807) is 0 Å². The normalized spacial score (nSPS) is 22.7. The molecule has 1 fully saturated rings. The summed E-state index contributed by atoms with van der Waals surface area (Å²) in [6.07, 6.45) is 0.977. The summed E-state index contributed by atoms with van der Waals surface area (Å²) in [5.74, 6) is 0.583. The maximum atomic E-state index is 9.65. The molecule has 1 rings (SSSR count). The van der Waals surface area contributed by atoms with Crippen molar-refractivity contribution in [2.45, 2.75) is 58.7 Å². The summed E-state index contributed by atoms with van der Waals surface area (Å²) in [5.41, 5.74) is 6.50. The van der Waals surface area contributed by atoms with Crippen molar-refractivity contribution in [2.75, 3.05) is 32.8 Å². The fourth-order valence-electron chi connectivity index (χ4n) is 2.95. The number of nitrogens with zero attached hydrogens (tertiary/aromatic N) is 2. The smallest absolute Gasteiger partial charge is 0.0601 e. The zero-order valence-electron chi connectivity index (χ0n) is 13.4. The van der Waals surface area contributed by atoms with E-state index in [2.05, 4.69) is 44.4 Å². The summed E-state index contributed by atoms with van der Waals surface area (Å²) < 4.78 is 0. The molecule has 0 radical (unpaired) electrons. The Kier molecular flexibility index (Phi) is 6.24. The Bertz CT molecular complexity index is 255. The molecule has 2 atom stereocenters. The minimum atomic E-state index is 0.0752. The van der Waals surface area contributed by atoms with E-state index >= 15 is 0 Å². The molecule has 2 unspecified atom stereocenters. The first-order valence-electron chi connectivity index (χ1n) is 7.61. The van der Waals surface area contributed by atoms with Gasteiger partial charge in [-0.2, -0.15) is 0 Å². The third kappa shape index (κ3) is 5.03. The number of hydrogen-bond donors (Lipinski definition) is 2. The van der Waals surface area contributed by atoms with Gasteiger partial charge in [-0.3, -0.25) is 9.80 Å². The van der Waals surface area contributed by atoms with E-state index < -0.39 is 0 Å². The highest BCUT2D eigenvalue weighted by Gasteiger charge is 2.31. The fraction of sp³-hybridized carbons (Fsp3) is 1.00. The second-order valence-corrected chi connectivity index (χ2v) is 7.24. The lowest BCUT2D eigenvalue weighted by Crippen LogP contribution is -2.59. The van der Waals surface area contributed by atoms with Gasteiger partial charge in [0.25, 0.3) is 0 Å². The third-order valence-corrected chi connectivity index (χ3v) is 4.16. The monoisotopic (exact) mass is 271 g/mol. The van der Waals surface area contributed by atoms with Crippen molar-refractivity contribution in [3.05, 3.63) is 0 Å². The number of aliphatic hydroxyl groups excluding tert-OH is 1. The maximum absolute atomic E-state index is 9.65. The number of rotatable bonds is 5. The molecular weight excluding hydrogens is 238 g/mol. The average Bonchev–Trinajstić information content (AvgIpc) is 2.28. The Morgan fingerprint density at radius 1 is 1.11 bits per heavy atom. The van der Waals surface area contributed by atoms with Gasteiger partial charge in [0, 0.05) is 43.8 Å². The summed E-state index contributed by atoms with van der Waals surface area (Å²) in [7, 11) is 0. The van der Waals surface area contributed by atoms with E-state index in [0.717, 1.165) is 32.6 Å². The molecule has 0 bridgehead atoms. The number of piperazine rings is 1. The van der Waals surface area contributed by atoms with Crippen molar-refractivity contribution in [3.8, 4) is 0 Å². The largest absolute Gasteiger partial charge is 0.395 e. The molecule has 0 aromatic heterocycles. The van der Waals surface area contributed by atoms with Crippen molar-refractivity contribution in [3.63, 3.8) is 0 Å². The Morgan fingerprint density at radius 3 is 2.00 bits per heavy atom. The van der Waals surface area contributed by atoms with Gasteiger partial charge >= 0.3 is 0 Å². The van der Waals surface area contributed by atoms with Crippen molar-refractivity contribution >= 4 is 0 Å². The summed E-state index contributed by atoms with van der Waals surface area (Å²) in [4.78, 5) is 4.88. The van der Waals surface area contributed by atoms with Gasteiger partial charge in [-0.15, -0.1) is 0 Å². The highest BCUT2D eigenvalue weighted by Crippen LogP contribution is 2.19. The lowest BCUT2D eigenvalue weighted by atomic mass is 9.96. The van der Waals surface area contributed by atoms with Crippen LogP contribution in [0.4, 0.5) is 0 Å². The number of nitrogens with two attached hydrogens (primary N) is 1. The minimum Gasteiger partial charge on any atom is -0.395 e. The Balaban J connectivity index is 2.52. The fourth-order valence-corrected chi connectivity index (χ4v) is 2.95. The Hall–Kier alpha value is -0.160. The molecule has 1 saturated heterocycles. The highest BCUT2D eigenvalue weighted by atomic mass is 16.3. The molecule has 0 amide bonds. The highest BCUT2D eigenvalue weighted by molar-refractivity contribution is 4.88. The molecule has 114 valence electrons. The van der Waals surface area contributed by atoms with Crippen LogP contribution in [-0.2, 0) is 0 Å². The van der Waals surface area contributed by atoms with Gasteiger partial charge in [-0.25, -0.2) is 0 Å². The molecule has 1 aliphatic heterocycles. The van der Waals surface area contributed by atoms with Gasteiger partial charge in [-0.05, 0) is 33.1 Å². The van der Waals surface area contributed by atoms with E-state index in [9.17, 15) is 5.11 Å². The van der Waals surface area contributed by atoms with Crippen molar-refractivity contribution in [2.24, 2.45) is 11.7 Å². The summed E-state index contributed by atoms with van der Waals surface area (Å²) in [6.45, 7) is 15.5. The molecule has 0 saturated carbocycles. The summed E-state index contributed by atoms with van der Waals surface area (Å²) in [6, 6.07) is 0.190. The molecule has 0 aromatic carbocycles. The second-order valence-electron chi connectivity index (χ2n) is 7.24. The zero-order valence-corrected chi connectivity index (χ0v) is 13.4. The summed E-state index contributed by atoms with van der Waals surface area (Å²) in [5, 5.41) is 9.65. The Morgan fingerprint density at radius 2 is 1.63 bits per heavy atom. The van der Waals surface area contributed by atoms with Crippen LogP contribution in [0.1, 0.15) is 41.0 Å². The van der Waals surface area contributed by atoms with E-state index in [1.165, 1.54) is 0 Å². The first kappa shape index (κ1) is 16.9. The van der Waals surface area contributed by atoms with E-state index in [1.807, 2.05) is 0 Å². The molecule has 0 aromatic rings.